The number of rotatable bonds is 4. The summed E-state index contributed by atoms with van der Waals surface area (Å²) in [7, 11) is -3.60. The number of anilines is 1. The molecule has 0 amide bonds. The first-order chi connectivity index (χ1) is 9.78. The van der Waals surface area contributed by atoms with E-state index in [0.717, 1.165) is 15.6 Å². The number of nitrogens with two attached hydrogens (primary N) is 1. The highest BCUT2D eigenvalue weighted by Gasteiger charge is 2.14. The van der Waals surface area contributed by atoms with Crippen LogP contribution in [0, 0.1) is 6.92 Å². The van der Waals surface area contributed by atoms with Gasteiger partial charge in [0.1, 0.15) is 0 Å². The molecule has 1 atom stereocenters. The van der Waals surface area contributed by atoms with Crippen LogP contribution in [0.2, 0.25) is 0 Å². The number of sulfonamides is 1. The van der Waals surface area contributed by atoms with Crippen molar-refractivity contribution in [1.29, 1.82) is 0 Å². The van der Waals surface area contributed by atoms with Gasteiger partial charge in [-0.3, -0.25) is 4.72 Å². The van der Waals surface area contributed by atoms with Crippen LogP contribution in [0.5, 0.6) is 0 Å². The summed E-state index contributed by atoms with van der Waals surface area (Å²) in [5.41, 5.74) is 8.15. The van der Waals surface area contributed by atoms with Crippen molar-refractivity contribution in [3.05, 3.63) is 58.1 Å². The molecule has 0 saturated carbocycles. The van der Waals surface area contributed by atoms with Crippen molar-refractivity contribution < 1.29 is 8.42 Å². The van der Waals surface area contributed by atoms with Gasteiger partial charge in [0, 0.05) is 10.5 Å². The Bertz CT molecular complexity index is 721. The highest BCUT2D eigenvalue weighted by atomic mass is 79.9. The van der Waals surface area contributed by atoms with Gasteiger partial charge < -0.3 is 5.73 Å². The number of nitrogens with one attached hydrogen (secondary N) is 1. The Balaban J connectivity index is 2.29. The lowest BCUT2D eigenvalue weighted by molar-refractivity contribution is 0.601. The minimum Gasteiger partial charge on any atom is -0.324 e. The smallest absolute Gasteiger partial charge is 0.261 e. The third-order valence-electron chi connectivity index (χ3n) is 3.01. The molecule has 2 aromatic carbocycles. The Morgan fingerprint density at radius 3 is 2.29 bits per heavy atom. The van der Waals surface area contributed by atoms with Gasteiger partial charge in [0.25, 0.3) is 10.0 Å². The second-order valence-corrected chi connectivity index (χ2v) is 7.58. The predicted octanol–water partition coefficient (Wildman–Crippen LogP) is 3.58. The van der Waals surface area contributed by atoms with Gasteiger partial charge in [-0.15, -0.1) is 0 Å². The topological polar surface area (TPSA) is 72.2 Å². The number of benzene rings is 2. The summed E-state index contributed by atoms with van der Waals surface area (Å²) in [6.07, 6.45) is 0. The van der Waals surface area contributed by atoms with Crippen LogP contribution >= 0.6 is 15.9 Å². The van der Waals surface area contributed by atoms with E-state index < -0.39 is 10.0 Å². The van der Waals surface area contributed by atoms with Gasteiger partial charge in [-0.2, -0.15) is 0 Å². The van der Waals surface area contributed by atoms with Gasteiger partial charge in [-0.05, 0) is 55.3 Å². The molecule has 0 bridgehead atoms. The molecule has 0 spiro atoms. The van der Waals surface area contributed by atoms with E-state index in [9.17, 15) is 8.42 Å². The van der Waals surface area contributed by atoms with Crippen LogP contribution < -0.4 is 10.5 Å². The van der Waals surface area contributed by atoms with Crippen molar-refractivity contribution in [2.45, 2.75) is 24.8 Å². The molecule has 0 aliphatic heterocycles. The minimum absolute atomic E-state index is 0.123. The van der Waals surface area contributed by atoms with Gasteiger partial charge in [0.05, 0.1) is 10.6 Å². The Morgan fingerprint density at radius 2 is 1.76 bits per heavy atom. The van der Waals surface area contributed by atoms with E-state index in [-0.39, 0.29) is 10.9 Å². The zero-order valence-corrected chi connectivity index (χ0v) is 14.2. The third-order valence-corrected chi connectivity index (χ3v) is 4.87. The Hall–Kier alpha value is -1.37. The maximum atomic E-state index is 12.3. The molecule has 21 heavy (non-hydrogen) atoms. The van der Waals surface area contributed by atoms with E-state index in [2.05, 4.69) is 20.7 Å². The van der Waals surface area contributed by atoms with Crippen molar-refractivity contribution >= 4 is 31.6 Å². The number of hydrogen-bond donors (Lipinski definition) is 2. The molecule has 4 nitrogen and oxygen atoms in total. The van der Waals surface area contributed by atoms with E-state index in [0.29, 0.717) is 5.69 Å². The van der Waals surface area contributed by atoms with Crippen LogP contribution in [0.15, 0.2) is 51.8 Å². The quantitative estimate of drug-likeness (QED) is 0.865. The summed E-state index contributed by atoms with van der Waals surface area (Å²) in [6, 6.07) is 11.9. The molecule has 0 saturated heterocycles. The molecule has 3 N–H and O–H groups in total. The van der Waals surface area contributed by atoms with E-state index in [1.807, 2.05) is 19.9 Å². The molecule has 1 unspecified atom stereocenters. The SMILES string of the molecule is Cc1cc(Br)cc(NS(=O)(=O)c2ccc(C(C)N)cc2)c1. The molecule has 0 radical (unpaired) electrons. The second kappa shape index (κ2) is 6.17. The first kappa shape index (κ1) is 16.0. The summed E-state index contributed by atoms with van der Waals surface area (Å²) < 4.78 is 28.1. The lowest BCUT2D eigenvalue weighted by Crippen LogP contribution is -2.13. The Labute approximate surface area is 133 Å². The number of hydrogen-bond acceptors (Lipinski definition) is 3. The second-order valence-electron chi connectivity index (χ2n) is 4.98. The van der Waals surface area contributed by atoms with Crippen LogP contribution in [0.4, 0.5) is 5.69 Å². The summed E-state index contributed by atoms with van der Waals surface area (Å²) in [4.78, 5) is 0.213. The van der Waals surface area contributed by atoms with Crippen molar-refractivity contribution in [3.63, 3.8) is 0 Å². The molecular weight excluding hydrogens is 352 g/mol. The van der Waals surface area contributed by atoms with E-state index >= 15 is 0 Å². The lowest BCUT2D eigenvalue weighted by Gasteiger charge is -2.11. The highest BCUT2D eigenvalue weighted by Crippen LogP contribution is 2.22. The first-order valence-corrected chi connectivity index (χ1v) is 8.71. The maximum Gasteiger partial charge on any atom is 0.261 e. The summed E-state index contributed by atoms with van der Waals surface area (Å²) in [5, 5.41) is 0. The molecule has 2 rings (SSSR count). The van der Waals surface area contributed by atoms with Gasteiger partial charge >= 0.3 is 0 Å². The molecular formula is C15H17BrN2O2S. The van der Waals surface area contributed by atoms with E-state index in [1.54, 1.807) is 36.4 Å². The van der Waals surface area contributed by atoms with Crippen LogP contribution in [0.25, 0.3) is 0 Å². The average Bonchev–Trinajstić information content (AvgIpc) is 2.37. The van der Waals surface area contributed by atoms with E-state index in [1.165, 1.54) is 0 Å². The fraction of sp³-hybridized carbons (Fsp3) is 0.200. The molecule has 112 valence electrons. The lowest BCUT2D eigenvalue weighted by atomic mass is 10.1. The molecule has 2 aromatic rings. The summed E-state index contributed by atoms with van der Waals surface area (Å²) >= 11 is 3.35. The van der Waals surface area contributed by atoms with Crippen molar-refractivity contribution in [3.8, 4) is 0 Å². The zero-order chi connectivity index (χ0) is 15.6. The Kier molecular flexibility index (Phi) is 4.70. The molecule has 0 heterocycles. The maximum absolute atomic E-state index is 12.3. The monoisotopic (exact) mass is 368 g/mol. The van der Waals surface area contributed by atoms with Crippen LogP contribution in [0.3, 0.4) is 0 Å². The fourth-order valence-electron chi connectivity index (χ4n) is 1.96. The van der Waals surface area contributed by atoms with E-state index in [4.69, 9.17) is 5.73 Å². The predicted molar refractivity (Wildman–Crippen MR) is 88.7 cm³/mol. The Morgan fingerprint density at radius 1 is 1.14 bits per heavy atom. The molecule has 0 aliphatic carbocycles. The van der Waals surface area contributed by atoms with Gasteiger partial charge in [-0.1, -0.05) is 28.1 Å². The fourth-order valence-corrected chi connectivity index (χ4v) is 3.61. The summed E-state index contributed by atoms with van der Waals surface area (Å²) in [6.45, 7) is 3.76. The molecule has 6 heteroatoms. The first-order valence-electron chi connectivity index (χ1n) is 6.43. The standard InChI is InChI=1S/C15H17BrN2O2S/c1-10-7-13(16)9-14(8-10)18-21(19,20)15-5-3-12(4-6-15)11(2)17/h3-9,11,18H,17H2,1-2H3. The minimum atomic E-state index is -3.60. The van der Waals surface area contributed by atoms with Crippen LogP contribution in [-0.2, 0) is 10.0 Å². The van der Waals surface area contributed by atoms with Crippen molar-refractivity contribution in [2.75, 3.05) is 4.72 Å². The van der Waals surface area contributed by atoms with Crippen LogP contribution in [-0.4, -0.2) is 8.42 Å². The molecule has 0 fully saturated rings. The zero-order valence-electron chi connectivity index (χ0n) is 11.8. The van der Waals surface area contributed by atoms with Crippen molar-refractivity contribution in [2.24, 2.45) is 5.73 Å². The van der Waals surface area contributed by atoms with Gasteiger partial charge in [0.15, 0.2) is 0 Å². The summed E-state index contributed by atoms with van der Waals surface area (Å²) in [5.74, 6) is 0. The number of aryl methyl sites for hydroxylation is 1. The van der Waals surface area contributed by atoms with Crippen molar-refractivity contribution in [1.82, 2.24) is 0 Å². The molecule has 0 aromatic heterocycles. The van der Waals surface area contributed by atoms with Gasteiger partial charge in [0.2, 0.25) is 0 Å². The molecule has 0 aliphatic rings. The third kappa shape index (κ3) is 4.06. The van der Waals surface area contributed by atoms with Gasteiger partial charge in [-0.25, -0.2) is 8.42 Å². The number of halogens is 1. The average molecular weight is 369 g/mol. The van der Waals surface area contributed by atoms with Crippen LogP contribution in [0.1, 0.15) is 24.1 Å². The largest absolute Gasteiger partial charge is 0.324 e. The highest BCUT2D eigenvalue weighted by molar-refractivity contribution is 9.10. The normalized spacial score (nSPS) is 13.0.